The first-order valence-corrected chi connectivity index (χ1v) is 18.5. The quantitative estimate of drug-likeness (QED) is 0.0857. The van der Waals surface area contributed by atoms with Crippen LogP contribution >= 0.6 is 0 Å². The first-order valence-electron chi connectivity index (χ1n) is 18.5. The monoisotopic (exact) mass is 613 g/mol. The topological polar surface area (TPSA) is 14.8 Å². The van der Waals surface area contributed by atoms with Crippen molar-refractivity contribution in [3.63, 3.8) is 0 Å². The summed E-state index contributed by atoms with van der Waals surface area (Å²) in [5.41, 5.74) is 8.42. The predicted octanol–water partition coefficient (Wildman–Crippen LogP) is 12.5. The first kappa shape index (κ1) is 32.2. The molecule has 0 saturated carbocycles. The SMILES string of the molecule is CCCCCCn1cc(C(c2cn(CCCCCC)c3ccccc23)c2cn(CCCCCC)c3ccccc23)c2ccccc21. The molecule has 3 aromatic heterocycles. The van der Waals surface area contributed by atoms with Crippen molar-refractivity contribution in [2.24, 2.45) is 0 Å². The van der Waals surface area contributed by atoms with Crippen LogP contribution < -0.4 is 0 Å². The van der Waals surface area contributed by atoms with Gasteiger partial charge in [-0.1, -0.05) is 133 Å². The first-order chi connectivity index (χ1) is 22.7. The van der Waals surface area contributed by atoms with Gasteiger partial charge in [-0.2, -0.15) is 0 Å². The number of unbranched alkanes of at least 4 members (excludes halogenated alkanes) is 9. The second-order valence-electron chi connectivity index (χ2n) is 13.5. The molecular weight excluding hydrogens is 558 g/mol. The fourth-order valence-corrected chi connectivity index (χ4v) is 7.70. The highest BCUT2D eigenvalue weighted by molar-refractivity contribution is 5.93. The number of fused-ring (bicyclic) bond motifs is 3. The minimum absolute atomic E-state index is 0.144. The van der Waals surface area contributed by atoms with Crippen molar-refractivity contribution in [2.45, 2.75) is 123 Å². The summed E-state index contributed by atoms with van der Waals surface area (Å²) in [5, 5.41) is 4.17. The zero-order valence-electron chi connectivity index (χ0n) is 28.7. The largest absolute Gasteiger partial charge is 0.347 e. The Morgan fingerprint density at radius 3 is 1.00 bits per heavy atom. The van der Waals surface area contributed by atoms with Crippen LogP contribution in [0.2, 0.25) is 0 Å². The maximum atomic E-state index is 2.56. The molecule has 0 spiro atoms. The van der Waals surface area contributed by atoms with E-state index in [2.05, 4.69) is 126 Å². The summed E-state index contributed by atoms with van der Waals surface area (Å²) in [7, 11) is 0. The van der Waals surface area contributed by atoms with E-state index in [0.717, 1.165) is 19.6 Å². The van der Waals surface area contributed by atoms with E-state index in [9.17, 15) is 0 Å². The van der Waals surface area contributed by atoms with Gasteiger partial charge in [0.2, 0.25) is 0 Å². The van der Waals surface area contributed by atoms with E-state index < -0.39 is 0 Å². The van der Waals surface area contributed by atoms with Crippen LogP contribution in [-0.4, -0.2) is 13.7 Å². The summed E-state index contributed by atoms with van der Waals surface area (Å²) in [4.78, 5) is 0. The van der Waals surface area contributed by atoms with Crippen LogP contribution in [-0.2, 0) is 19.6 Å². The molecule has 0 radical (unpaired) electrons. The van der Waals surface area contributed by atoms with Gasteiger partial charge in [0, 0.05) is 76.9 Å². The minimum Gasteiger partial charge on any atom is -0.347 e. The fraction of sp³-hybridized carbons (Fsp3) is 0.442. The molecule has 0 unspecified atom stereocenters. The molecule has 6 aromatic rings. The van der Waals surface area contributed by atoms with Gasteiger partial charge in [0.05, 0.1) is 0 Å². The molecule has 3 heterocycles. The molecule has 3 heteroatoms. The van der Waals surface area contributed by atoms with Gasteiger partial charge in [-0.3, -0.25) is 0 Å². The van der Waals surface area contributed by atoms with E-state index in [1.54, 1.807) is 0 Å². The van der Waals surface area contributed by atoms with Crippen molar-refractivity contribution in [2.75, 3.05) is 0 Å². The Morgan fingerprint density at radius 2 is 0.696 bits per heavy atom. The predicted molar refractivity (Wildman–Crippen MR) is 199 cm³/mol. The highest BCUT2D eigenvalue weighted by Crippen LogP contribution is 2.44. The van der Waals surface area contributed by atoms with E-state index in [1.165, 1.54) is 126 Å². The van der Waals surface area contributed by atoms with Crippen molar-refractivity contribution >= 4 is 32.7 Å². The van der Waals surface area contributed by atoms with Crippen LogP contribution in [0.15, 0.2) is 91.4 Å². The molecule has 0 amide bonds. The molecule has 46 heavy (non-hydrogen) atoms. The summed E-state index contributed by atoms with van der Waals surface area (Å²) in [5.74, 6) is 0.144. The number of rotatable bonds is 18. The van der Waals surface area contributed by atoms with Crippen LogP contribution in [0.1, 0.15) is 120 Å². The van der Waals surface area contributed by atoms with E-state index in [1.807, 2.05) is 0 Å². The van der Waals surface area contributed by atoms with Crippen molar-refractivity contribution in [3.05, 3.63) is 108 Å². The summed E-state index contributed by atoms with van der Waals surface area (Å²) in [6.07, 6.45) is 22.8. The van der Waals surface area contributed by atoms with E-state index in [-0.39, 0.29) is 5.92 Å². The molecule has 6 rings (SSSR count). The summed E-state index contributed by atoms with van der Waals surface area (Å²) >= 11 is 0. The molecule has 0 atom stereocenters. The number of aryl methyl sites for hydroxylation is 3. The molecule has 0 bridgehead atoms. The lowest BCUT2D eigenvalue weighted by atomic mass is 9.84. The van der Waals surface area contributed by atoms with Gasteiger partial charge in [0.25, 0.3) is 0 Å². The van der Waals surface area contributed by atoms with Crippen molar-refractivity contribution in [1.29, 1.82) is 0 Å². The van der Waals surface area contributed by atoms with Crippen LogP contribution in [0.3, 0.4) is 0 Å². The Kier molecular flexibility index (Phi) is 11.0. The molecule has 0 aliphatic carbocycles. The molecule has 0 N–H and O–H groups in total. The maximum absolute atomic E-state index is 2.56. The van der Waals surface area contributed by atoms with Crippen LogP contribution in [0.5, 0.6) is 0 Å². The Balaban J connectivity index is 1.53. The third-order valence-electron chi connectivity index (χ3n) is 10.1. The van der Waals surface area contributed by atoms with Gasteiger partial charge in [0.15, 0.2) is 0 Å². The Labute approximate surface area is 277 Å². The van der Waals surface area contributed by atoms with Gasteiger partial charge >= 0.3 is 0 Å². The zero-order chi connectivity index (χ0) is 31.7. The Hall–Kier alpha value is -3.72. The Morgan fingerprint density at radius 1 is 0.391 bits per heavy atom. The number of aromatic nitrogens is 3. The zero-order valence-corrected chi connectivity index (χ0v) is 28.7. The summed E-state index contributed by atoms with van der Waals surface area (Å²) < 4.78 is 7.67. The second kappa shape index (κ2) is 15.7. The molecule has 0 aliphatic heterocycles. The highest BCUT2D eigenvalue weighted by atomic mass is 15.0. The van der Waals surface area contributed by atoms with Gasteiger partial charge in [-0.25, -0.2) is 0 Å². The van der Waals surface area contributed by atoms with Crippen LogP contribution in [0, 0.1) is 0 Å². The number of benzene rings is 3. The number of hydrogen-bond donors (Lipinski definition) is 0. The van der Waals surface area contributed by atoms with Gasteiger partial charge < -0.3 is 13.7 Å². The molecule has 0 aliphatic rings. The fourth-order valence-electron chi connectivity index (χ4n) is 7.70. The molecule has 0 fully saturated rings. The molecular formula is C43H55N3. The lowest BCUT2D eigenvalue weighted by Crippen LogP contribution is -2.04. The average molecular weight is 614 g/mol. The summed E-state index contributed by atoms with van der Waals surface area (Å²) in [6.45, 7) is 10.1. The number of para-hydroxylation sites is 3. The lowest BCUT2D eigenvalue weighted by Gasteiger charge is -2.17. The molecule has 3 aromatic carbocycles. The second-order valence-corrected chi connectivity index (χ2v) is 13.5. The van der Waals surface area contributed by atoms with E-state index in [0.29, 0.717) is 0 Å². The number of nitrogens with zero attached hydrogens (tertiary/aromatic N) is 3. The average Bonchev–Trinajstić information content (AvgIpc) is 3.77. The van der Waals surface area contributed by atoms with Crippen molar-refractivity contribution in [1.82, 2.24) is 13.7 Å². The van der Waals surface area contributed by atoms with E-state index in [4.69, 9.17) is 0 Å². The van der Waals surface area contributed by atoms with Gasteiger partial charge in [0.1, 0.15) is 0 Å². The third kappa shape index (κ3) is 6.85. The smallest absolute Gasteiger partial charge is 0.0483 e. The highest BCUT2D eigenvalue weighted by Gasteiger charge is 2.28. The van der Waals surface area contributed by atoms with Crippen molar-refractivity contribution < 1.29 is 0 Å². The van der Waals surface area contributed by atoms with Gasteiger partial charge in [-0.05, 0) is 54.2 Å². The molecule has 3 nitrogen and oxygen atoms in total. The normalized spacial score (nSPS) is 12.0. The van der Waals surface area contributed by atoms with Gasteiger partial charge in [-0.15, -0.1) is 0 Å². The summed E-state index contributed by atoms with van der Waals surface area (Å²) in [6, 6.07) is 27.5. The van der Waals surface area contributed by atoms with Crippen LogP contribution in [0.4, 0.5) is 0 Å². The third-order valence-corrected chi connectivity index (χ3v) is 10.1. The maximum Gasteiger partial charge on any atom is 0.0483 e. The van der Waals surface area contributed by atoms with Crippen LogP contribution in [0.25, 0.3) is 32.7 Å². The molecule has 0 saturated heterocycles. The molecule has 242 valence electrons. The Bertz CT molecular complexity index is 1620. The van der Waals surface area contributed by atoms with E-state index >= 15 is 0 Å². The number of hydrogen-bond acceptors (Lipinski definition) is 0. The minimum atomic E-state index is 0.144. The lowest BCUT2D eigenvalue weighted by molar-refractivity contribution is 0.590. The van der Waals surface area contributed by atoms with Crippen molar-refractivity contribution in [3.8, 4) is 0 Å². The standard InChI is InChI=1S/C43H55N3/c1-4-7-10-19-28-44-31-37(34-22-13-16-25-40(34)44)43(38-32-45(29-20-11-8-5-2)41-26-17-14-23-35(38)41)39-33-46(30-21-12-9-6-3)42-27-18-15-24-36(39)42/h13-18,22-27,31-33,43H,4-12,19-21,28-30H2,1-3H3.